The first-order valence-corrected chi connectivity index (χ1v) is 13.2. The molecule has 0 aliphatic carbocycles. The second kappa shape index (κ2) is 12.8. The molecule has 0 saturated carbocycles. The Bertz CT molecular complexity index is 1110. The summed E-state index contributed by atoms with van der Waals surface area (Å²) < 4.78 is 4.45. The number of rotatable bonds is 10. The Kier molecular flexibility index (Phi) is 9.77. The van der Waals surface area contributed by atoms with E-state index in [0.29, 0.717) is 6.54 Å². The van der Waals surface area contributed by atoms with Crippen molar-refractivity contribution in [3.8, 4) is 0 Å². The van der Waals surface area contributed by atoms with E-state index in [1.807, 2.05) is 75.4 Å². The number of hydrogen-bond donors (Lipinski definition) is 3. The Morgan fingerprint density at radius 3 is 2.54 bits per heavy atom. The van der Waals surface area contributed by atoms with Crippen molar-refractivity contribution in [2.45, 2.75) is 56.7 Å². The molecule has 3 rings (SSSR count). The minimum Gasteiger partial charge on any atom is -0.445 e. The van der Waals surface area contributed by atoms with Crippen LogP contribution in [0.25, 0.3) is 0 Å². The van der Waals surface area contributed by atoms with Gasteiger partial charge in [0, 0.05) is 11.3 Å². The third-order valence-electron chi connectivity index (χ3n) is 6.36. The fourth-order valence-electron chi connectivity index (χ4n) is 4.28. The molecule has 3 atom stereocenters. The predicted molar refractivity (Wildman–Crippen MR) is 145 cm³/mol. The molecular weight excluding hydrogens is 490 g/mol. The Labute approximate surface area is 222 Å². The lowest BCUT2D eigenvalue weighted by Gasteiger charge is -2.33. The lowest BCUT2D eigenvalue weighted by molar-refractivity contribution is -0.147. The minimum atomic E-state index is -1.59. The summed E-state index contributed by atoms with van der Waals surface area (Å²) in [5, 5.41) is 16.7. The Hall–Kier alpha value is -3.30. The fourth-order valence-corrected chi connectivity index (χ4v) is 5.42. The lowest BCUT2D eigenvalue weighted by atomic mass is 9.97. The maximum absolute atomic E-state index is 13.6. The number of thioether (sulfide) groups is 1. The van der Waals surface area contributed by atoms with Crippen molar-refractivity contribution in [1.82, 2.24) is 15.5 Å². The van der Waals surface area contributed by atoms with Gasteiger partial charge >= 0.3 is 6.09 Å². The van der Waals surface area contributed by atoms with Crippen molar-refractivity contribution in [3.05, 3.63) is 83.9 Å². The Balaban J connectivity index is 1.77. The molecule has 2 aromatic rings. The molecule has 0 radical (unpaired) electrons. The summed E-state index contributed by atoms with van der Waals surface area (Å²) in [5.41, 5.74) is 2.87. The highest BCUT2D eigenvalue weighted by Gasteiger charge is 2.49. The summed E-state index contributed by atoms with van der Waals surface area (Å²) in [6, 6.07) is 15.2. The van der Waals surface area contributed by atoms with Crippen molar-refractivity contribution in [2.75, 3.05) is 12.5 Å². The van der Waals surface area contributed by atoms with Gasteiger partial charge in [0.25, 0.3) is 5.91 Å². The summed E-state index contributed by atoms with van der Waals surface area (Å²) in [5.74, 6) is -0.680. The molecule has 1 aliphatic heterocycles. The molecule has 198 valence electrons. The van der Waals surface area contributed by atoms with E-state index in [0.717, 1.165) is 16.7 Å². The maximum Gasteiger partial charge on any atom is 0.407 e. The largest absolute Gasteiger partial charge is 0.445 e. The molecule has 0 spiro atoms. The number of aliphatic hydroxyl groups is 1. The van der Waals surface area contributed by atoms with Gasteiger partial charge in [0.15, 0.2) is 6.10 Å². The molecule has 1 fully saturated rings. The van der Waals surface area contributed by atoms with E-state index in [2.05, 4.69) is 17.2 Å². The van der Waals surface area contributed by atoms with Gasteiger partial charge in [-0.15, -0.1) is 11.8 Å². The van der Waals surface area contributed by atoms with Crippen molar-refractivity contribution < 1.29 is 24.2 Å². The molecule has 2 aromatic carbocycles. The number of alkyl carbamates (subject to hydrolysis) is 1. The highest BCUT2D eigenvalue weighted by molar-refractivity contribution is 8.00. The van der Waals surface area contributed by atoms with Crippen LogP contribution in [0, 0.1) is 6.92 Å². The zero-order chi connectivity index (χ0) is 27.0. The van der Waals surface area contributed by atoms with Gasteiger partial charge in [0.2, 0.25) is 5.91 Å². The number of amides is 3. The number of aryl methyl sites for hydroxylation is 1. The van der Waals surface area contributed by atoms with Crippen molar-refractivity contribution in [2.24, 2.45) is 0 Å². The summed E-state index contributed by atoms with van der Waals surface area (Å²) in [6.07, 6.45) is -0.725. The quantitative estimate of drug-likeness (QED) is 0.411. The van der Waals surface area contributed by atoms with Crippen molar-refractivity contribution >= 4 is 29.7 Å². The monoisotopic (exact) mass is 525 g/mol. The predicted octanol–water partition coefficient (Wildman–Crippen LogP) is 3.18. The second-order valence-electron chi connectivity index (χ2n) is 9.50. The molecule has 1 heterocycles. The number of carbonyl (C=O) groups is 3. The smallest absolute Gasteiger partial charge is 0.407 e. The van der Waals surface area contributed by atoms with Crippen LogP contribution in [0.15, 0.2) is 67.3 Å². The van der Waals surface area contributed by atoms with Crippen LogP contribution >= 0.6 is 11.8 Å². The first kappa shape index (κ1) is 28.3. The molecule has 3 amide bonds. The van der Waals surface area contributed by atoms with Gasteiger partial charge in [-0.3, -0.25) is 9.59 Å². The van der Waals surface area contributed by atoms with Crippen LogP contribution in [0.4, 0.5) is 4.79 Å². The first-order chi connectivity index (χ1) is 17.6. The van der Waals surface area contributed by atoms with Crippen molar-refractivity contribution in [1.29, 1.82) is 0 Å². The third-order valence-corrected chi connectivity index (χ3v) is 7.73. The summed E-state index contributed by atoms with van der Waals surface area (Å²) in [4.78, 5) is 40.6. The van der Waals surface area contributed by atoms with E-state index in [9.17, 15) is 19.5 Å². The number of ether oxygens (including phenoxy) is 1. The zero-order valence-electron chi connectivity index (χ0n) is 21.5. The average molecular weight is 526 g/mol. The van der Waals surface area contributed by atoms with E-state index in [-0.39, 0.29) is 24.8 Å². The lowest BCUT2D eigenvalue weighted by Crippen LogP contribution is -2.58. The molecule has 3 N–H and O–H groups in total. The van der Waals surface area contributed by atoms with E-state index < -0.39 is 34.9 Å². The van der Waals surface area contributed by atoms with Gasteiger partial charge in [0.05, 0.1) is 11.9 Å². The minimum absolute atomic E-state index is 0.00593. The number of carbonyl (C=O) groups excluding carboxylic acids is 3. The zero-order valence-corrected chi connectivity index (χ0v) is 22.3. The first-order valence-electron chi connectivity index (χ1n) is 12.2. The molecule has 0 unspecified atom stereocenters. The van der Waals surface area contributed by atoms with Gasteiger partial charge in [-0.25, -0.2) is 4.79 Å². The molecule has 1 aliphatic rings. The maximum atomic E-state index is 13.6. The highest BCUT2D eigenvalue weighted by Crippen LogP contribution is 2.40. The summed E-state index contributed by atoms with van der Waals surface area (Å²) in [7, 11) is 0. The van der Waals surface area contributed by atoms with Crippen LogP contribution in [0.3, 0.4) is 0 Å². The van der Waals surface area contributed by atoms with E-state index in [1.54, 1.807) is 0 Å². The number of benzene rings is 2. The topological polar surface area (TPSA) is 108 Å². The Morgan fingerprint density at radius 1 is 1.19 bits per heavy atom. The molecule has 9 heteroatoms. The fraction of sp³-hybridized carbons (Fsp3) is 0.393. The second-order valence-corrected chi connectivity index (χ2v) is 11.1. The van der Waals surface area contributed by atoms with Gasteiger partial charge in [-0.2, -0.15) is 0 Å². The van der Waals surface area contributed by atoms with Crippen LogP contribution in [-0.2, 0) is 27.3 Å². The highest BCUT2D eigenvalue weighted by atomic mass is 32.2. The summed E-state index contributed by atoms with van der Waals surface area (Å²) in [6.45, 7) is 9.63. The van der Waals surface area contributed by atoms with Crippen LogP contribution in [0.5, 0.6) is 0 Å². The Morgan fingerprint density at radius 2 is 1.86 bits per heavy atom. The number of hydrogen-bond acceptors (Lipinski definition) is 6. The molecule has 37 heavy (non-hydrogen) atoms. The number of nitrogens with one attached hydrogen (secondary N) is 2. The van der Waals surface area contributed by atoms with Crippen LogP contribution < -0.4 is 10.6 Å². The number of aliphatic hydroxyl groups excluding tert-OH is 1. The molecule has 8 nitrogen and oxygen atoms in total. The molecule has 0 bridgehead atoms. The molecule has 1 saturated heterocycles. The normalized spacial score (nSPS) is 17.9. The van der Waals surface area contributed by atoms with Gasteiger partial charge in [-0.1, -0.05) is 67.3 Å². The van der Waals surface area contributed by atoms with E-state index in [4.69, 9.17) is 4.74 Å². The van der Waals surface area contributed by atoms with Gasteiger partial charge in [-0.05, 0) is 43.9 Å². The SMILES string of the molecule is C=CCOC(=O)N[C@@H](Cc1ccccc1)[C@H](O)C(=O)N1CSC(C)(C)[C@@H]1C(=O)NCc1ccccc1C. The van der Waals surface area contributed by atoms with Crippen molar-refractivity contribution in [3.63, 3.8) is 0 Å². The van der Waals surface area contributed by atoms with Gasteiger partial charge < -0.3 is 25.4 Å². The third kappa shape index (κ3) is 7.36. The average Bonchev–Trinajstić information content (AvgIpc) is 3.21. The number of nitrogens with zero attached hydrogens (tertiary/aromatic N) is 1. The summed E-state index contributed by atoms with van der Waals surface area (Å²) >= 11 is 1.47. The van der Waals surface area contributed by atoms with Crippen LogP contribution in [0.1, 0.15) is 30.5 Å². The van der Waals surface area contributed by atoms with Gasteiger partial charge in [0.1, 0.15) is 12.6 Å². The van der Waals surface area contributed by atoms with E-state index >= 15 is 0 Å². The molecule has 0 aromatic heterocycles. The van der Waals surface area contributed by atoms with Crippen LogP contribution in [-0.4, -0.2) is 63.3 Å². The van der Waals surface area contributed by atoms with Crippen LogP contribution in [0.2, 0.25) is 0 Å². The standard InChI is InChI=1S/C28H35N3O5S/c1-5-15-36-27(35)30-22(16-20-12-7-6-8-13-20)23(32)26(34)31-18-37-28(3,4)24(31)25(33)29-17-21-14-10-9-11-19(21)2/h5-14,22-24,32H,1,15-18H2,2-4H3,(H,29,33)(H,30,35)/t22-,23-,24-/m0/s1. The molecular formula is C28H35N3O5S. The van der Waals surface area contributed by atoms with E-state index in [1.165, 1.54) is 22.7 Å².